The highest BCUT2D eigenvalue weighted by molar-refractivity contribution is 5.37. The summed E-state index contributed by atoms with van der Waals surface area (Å²) >= 11 is 0. The molecule has 0 radical (unpaired) electrons. The van der Waals surface area contributed by atoms with Gasteiger partial charge in [0.25, 0.3) is 0 Å². The predicted molar refractivity (Wildman–Crippen MR) is 77.0 cm³/mol. The summed E-state index contributed by atoms with van der Waals surface area (Å²) in [6.45, 7) is 11.0. The molecule has 1 atom stereocenters. The number of alkyl halides is 3. The molecule has 1 N–H and O–H groups in total. The Balaban J connectivity index is 3.01. The molecule has 1 aromatic carbocycles. The Labute approximate surface area is 119 Å². The Bertz CT molecular complexity index is 450. The molecule has 0 aromatic heterocycles. The Morgan fingerprint density at radius 3 is 2.25 bits per heavy atom. The summed E-state index contributed by atoms with van der Waals surface area (Å²) in [6.07, 6.45) is -3.39. The summed E-state index contributed by atoms with van der Waals surface area (Å²) in [6, 6.07) is 4.38. The van der Waals surface area contributed by atoms with Crippen LogP contribution < -0.4 is 5.32 Å². The topological polar surface area (TPSA) is 12.0 Å². The van der Waals surface area contributed by atoms with Crippen molar-refractivity contribution in [1.29, 1.82) is 0 Å². The van der Waals surface area contributed by atoms with Gasteiger partial charge >= 0.3 is 6.18 Å². The van der Waals surface area contributed by atoms with Crippen molar-refractivity contribution in [2.24, 2.45) is 0 Å². The molecule has 0 aliphatic rings. The molecule has 0 amide bonds. The van der Waals surface area contributed by atoms with Gasteiger partial charge in [-0.1, -0.05) is 26.8 Å². The third kappa shape index (κ3) is 4.23. The monoisotopic (exact) mass is 287 g/mol. The Morgan fingerprint density at radius 2 is 1.80 bits per heavy atom. The fourth-order valence-corrected chi connectivity index (χ4v) is 2.90. The van der Waals surface area contributed by atoms with Crippen LogP contribution >= 0.6 is 0 Å². The van der Waals surface area contributed by atoms with E-state index in [0.717, 1.165) is 18.5 Å². The van der Waals surface area contributed by atoms with E-state index < -0.39 is 11.7 Å². The van der Waals surface area contributed by atoms with Crippen LogP contribution in [0.5, 0.6) is 0 Å². The molecule has 0 bridgehead atoms. The third-order valence-electron chi connectivity index (χ3n) is 3.65. The molecule has 114 valence electrons. The number of aryl methyl sites for hydroxylation is 1. The van der Waals surface area contributed by atoms with E-state index in [4.69, 9.17) is 0 Å². The Kier molecular flexibility index (Phi) is 5.25. The zero-order chi connectivity index (χ0) is 15.6. The molecule has 0 heterocycles. The van der Waals surface area contributed by atoms with Gasteiger partial charge in [0.05, 0.1) is 5.56 Å². The van der Waals surface area contributed by atoms with Crippen LogP contribution in [0.15, 0.2) is 18.2 Å². The SMILES string of the molecule is CCNC(C)CC(C)(C)c1ccc(C(F)(F)F)cc1C. The molecule has 0 saturated carbocycles. The summed E-state index contributed by atoms with van der Waals surface area (Å²) in [4.78, 5) is 0. The molecule has 4 heteroatoms. The third-order valence-corrected chi connectivity index (χ3v) is 3.65. The first-order valence-corrected chi connectivity index (χ1v) is 6.99. The van der Waals surface area contributed by atoms with Crippen molar-refractivity contribution in [3.8, 4) is 0 Å². The standard InChI is InChI=1S/C16H24F3N/c1-6-20-12(3)10-15(4,5)14-8-7-13(9-11(14)2)16(17,18)19/h7-9,12,20H,6,10H2,1-5H3. The maximum atomic E-state index is 12.7. The average molecular weight is 287 g/mol. The molecular weight excluding hydrogens is 263 g/mol. The van der Waals surface area contributed by atoms with E-state index in [2.05, 4.69) is 26.1 Å². The highest BCUT2D eigenvalue weighted by atomic mass is 19.4. The van der Waals surface area contributed by atoms with Crippen molar-refractivity contribution in [1.82, 2.24) is 5.32 Å². The van der Waals surface area contributed by atoms with Gasteiger partial charge in [-0.25, -0.2) is 0 Å². The lowest BCUT2D eigenvalue weighted by molar-refractivity contribution is -0.137. The van der Waals surface area contributed by atoms with E-state index in [9.17, 15) is 13.2 Å². The summed E-state index contributed by atoms with van der Waals surface area (Å²) in [5.74, 6) is 0. The molecule has 0 aliphatic carbocycles. The van der Waals surface area contributed by atoms with Gasteiger partial charge in [-0.3, -0.25) is 0 Å². The number of hydrogen-bond acceptors (Lipinski definition) is 1. The number of nitrogens with one attached hydrogen (secondary N) is 1. The zero-order valence-electron chi connectivity index (χ0n) is 12.9. The minimum absolute atomic E-state index is 0.157. The van der Waals surface area contributed by atoms with E-state index in [1.807, 2.05) is 6.92 Å². The Morgan fingerprint density at radius 1 is 1.20 bits per heavy atom. The highest BCUT2D eigenvalue weighted by Crippen LogP contribution is 2.35. The van der Waals surface area contributed by atoms with Gasteiger partial charge in [0.15, 0.2) is 0 Å². The van der Waals surface area contributed by atoms with E-state index in [1.54, 1.807) is 13.0 Å². The number of benzene rings is 1. The Hall–Kier alpha value is -1.03. The van der Waals surface area contributed by atoms with Crippen LogP contribution in [0.25, 0.3) is 0 Å². The van der Waals surface area contributed by atoms with E-state index in [1.165, 1.54) is 12.1 Å². The first-order valence-electron chi connectivity index (χ1n) is 6.99. The smallest absolute Gasteiger partial charge is 0.315 e. The van der Waals surface area contributed by atoms with Gasteiger partial charge in [0.2, 0.25) is 0 Å². The van der Waals surface area contributed by atoms with Crippen molar-refractivity contribution in [2.75, 3.05) is 6.54 Å². The highest BCUT2D eigenvalue weighted by Gasteiger charge is 2.32. The fraction of sp³-hybridized carbons (Fsp3) is 0.625. The van der Waals surface area contributed by atoms with Gasteiger partial charge in [0, 0.05) is 6.04 Å². The van der Waals surface area contributed by atoms with Crippen molar-refractivity contribution in [2.45, 2.75) is 58.7 Å². The molecule has 0 saturated heterocycles. The van der Waals surface area contributed by atoms with Gasteiger partial charge in [-0.05, 0) is 55.5 Å². The lowest BCUT2D eigenvalue weighted by Gasteiger charge is -2.31. The van der Waals surface area contributed by atoms with Gasteiger partial charge in [-0.2, -0.15) is 13.2 Å². The van der Waals surface area contributed by atoms with Crippen molar-refractivity contribution in [3.63, 3.8) is 0 Å². The summed E-state index contributed by atoms with van der Waals surface area (Å²) in [5.41, 5.74) is 0.952. The zero-order valence-corrected chi connectivity index (χ0v) is 12.9. The van der Waals surface area contributed by atoms with Crippen molar-refractivity contribution >= 4 is 0 Å². The molecule has 20 heavy (non-hydrogen) atoms. The molecule has 0 spiro atoms. The van der Waals surface area contributed by atoms with Crippen LogP contribution in [0.2, 0.25) is 0 Å². The van der Waals surface area contributed by atoms with Crippen LogP contribution in [-0.2, 0) is 11.6 Å². The van der Waals surface area contributed by atoms with Crippen LogP contribution in [0, 0.1) is 6.92 Å². The van der Waals surface area contributed by atoms with Gasteiger partial charge in [0.1, 0.15) is 0 Å². The summed E-state index contributed by atoms with van der Waals surface area (Å²) < 4.78 is 38.1. The number of rotatable bonds is 5. The second-order valence-corrected chi connectivity index (χ2v) is 6.07. The first kappa shape index (κ1) is 17.0. The summed E-state index contributed by atoms with van der Waals surface area (Å²) in [7, 11) is 0. The molecule has 1 rings (SSSR count). The van der Waals surface area contributed by atoms with E-state index in [-0.39, 0.29) is 5.41 Å². The molecule has 1 nitrogen and oxygen atoms in total. The van der Waals surface area contributed by atoms with Crippen LogP contribution in [-0.4, -0.2) is 12.6 Å². The second-order valence-electron chi connectivity index (χ2n) is 6.07. The number of hydrogen-bond donors (Lipinski definition) is 1. The maximum Gasteiger partial charge on any atom is 0.416 e. The normalized spacial score (nSPS) is 14.4. The van der Waals surface area contributed by atoms with Gasteiger partial charge < -0.3 is 5.32 Å². The maximum absolute atomic E-state index is 12.7. The minimum atomic E-state index is -4.27. The molecule has 0 fully saturated rings. The van der Waals surface area contributed by atoms with E-state index >= 15 is 0 Å². The summed E-state index contributed by atoms with van der Waals surface area (Å²) in [5, 5.41) is 3.35. The number of halogens is 3. The van der Waals surface area contributed by atoms with E-state index in [0.29, 0.717) is 11.6 Å². The van der Waals surface area contributed by atoms with Crippen LogP contribution in [0.4, 0.5) is 13.2 Å². The van der Waals surface area contributed by atoms with Gasteiger partial charge in [-0.15, -0.1) is 0 Å². The van der Waals surface area contributed by atoms with Crippen molar-refractivity contribution < 1.29 is 13.2 Å². The minimum Gasteiger partial charge on any atom is -0.315 e. The molecule has 1 aromatic rings. The lowest BCUT2D eigenvalue weighted by atomic mass is 9.77. The van der Waals surface area contributed by atoms with Crippen LogP contribution in [0.1, 0.15) is 50.8 Å². The lowest BCUT2D eigenvalue weighted by Crippen LogP contribution is -2.33. The fourth-order valence-electron chi connectivity index (χ4n) is 2.90. The molecule has 0 aliphatic heterocycles. The quantitative estimate of drug-likeness (QED) is 0.829. The molecule has 1 unspecified atom stereocenters. The van der Waals surface area contributed by atoms with Crippen molar-refractivity contribution in [3.05, 3.63) is 34.9 Å². The predicted octanol–water partition coefficient (Wildman–Crippen LogP) is 4.68. The van der Waals surface area contributed by atoms with Crippen LogP contribution in [0.3, 0.4) is 0 Å². The average Bonchev–Trinajstić information content (AvgIpc) is 2.26. The first-order chi connectivity index (χ1) is 9.08. The second kappa shape index (κ2) is 6.17. The molecular formula is C16H24F3N. The largest absolute Gasteiger partial charge is 0.416 e.